The van der Waals surface area contributed by atoms with Crippen LogP contribution in [-0.2, 0) is 43.9 Å². The van der Waals surface area contributed by atoms with Crippen molar-refractivity contribution in [2.75, 3.05) is 79.9 Å². The highest BCUT2D eigenvalue weighted by atomic mass is 35.5. The molecule has 12 aromatic rings. The Kier molecular flexibility index (Phi) is 41.3. The first-order chi connectivity index (χ1) is 64.0. The van der Waals surface area contributed by atoms with E-state index in [1.54, 1.807) is 105 Å². The number of nitrogens with one attached hydrogen (secondary N) is 2. The lowest BCUT2D eigenvalue weighted by atomic mass is 10.1. The van der Waals surface area contributed by atoms with E-state index in [-0.39, 0.29) is 60.3 Å². The van der Waals surface area contributed by atoms with E-state index in [0.717, 1.165) is 67.7 Å². The molecule has 26 nitrogen and oxygen atoms in total. The minimum absolute atomic E-state index is 0.00118. The van der Waals surface area contributed by atoms with E-state index in [4.69, 9.17) is 58.1 Å². The van der Waals surface area contributed by atoms with Crippen molar-refractivity contribution in [1.29, 1.82) is 0 Å². The van der Waals surface area contributed by atoms with E-state index < -0.39 is 28.1 Å². The Balaban J connectivity index is 0.000000205. The molecule has 5 aromatic heterocycles. The summed E-state index contributed by atoms with van der Waals surface area (Å²) in [5, 5.41) is 5.41. The third-order valence-electron chi connectivity index (χ3n) is 22.7. The van der Waals surface area contributed by atoms with Gasteiger partial charge in [0.15, 0.2) is 0 Å². The van der Waals surface area contributed by atoms with Crippen LogP contribution < -0.4 is 46.7 Å². The monoisotopic (exact) mass is 1850 g/mol. The first-order valence-corrected chi connectivity index (χ1v) is 49.0. The summed E-state index contributed by atoms with van der Waals surface area (Å²) in [5.74, 6) is 3.23. The highest BCUT2D eigenvalue weighted by Gasteiger charge is 2.35. The fraction of sp³-hybridized carbons (Fsp3) is 0.408. The number of carbonyl (C=O) groups excluding carboxylic acids is 3. The van der Waals surface area contributed by atoms with Gasteiger partial charge in [-0.05, 0) is 238 Å². The van der Waals surface area contributed by atoms with Gasteiger partial charge in [-0.25, -0.2) is 28.1 Å². The van der Waals surface area contributed by atoms with Gasteiger partial charge < -0.3 is 44.9 Å². The Morgan fingerprint density at radius 3 is 1.17 bits per heavy atom. The van der Waals surface area contributed by atoms with E-state index in [9.17, 15) is 37.2 Å². The van der Waals surface area contributed by atoms with Crippen LogP contribution in [0.3, 0.4) is 0 Å². The molecule has 29 heteroatoms. The van der Waals surface area contributed by atoms with Crippen LogP contribution in [0.4, 0.5) is 0 Å². The lowest BCUT2D eigenvalue weighted by Gasteiger charge is -2.34. The molecule has 5 heterocycles. The molecule has 0 fully saturated rings. The molecular formula is C103H129Cl2N15O11S. The first-order valence-electron chi connectivity index (χ1n) is 46.3. The van der Waals surface area contributed by atoms with Crippen molar-refractivity contribution in [2.45, 2.75) is 194 Å². The number of pyridine rings is 2. The highest BCUT2D eigenvalue weighted by Crippen LogP contribution is 2.35. The van der Waals surface area contributed by atoms with Crippen LogP contribution in [0.15, 0.2) is 227 Å². The molecule has 0 aliphatic rings. The maximum atomic E-state index is 14.2. The van der Waals surface area contributed by atoms with Gasteiger partial charge in [0, 0.05) is 44.9 Å². The number of benzene rings is 7. The summed E-state index contributed by atoms with van der Waals surface area (Å²) in [5.41, 5.74) is 11.3. The van der Waals surface area contributed by atoms with Gasteiger partial charge in [0.05, 0.1) is 135 Å². The number of ether oxygens (including phenoxy) is 3. The number of unbranched alkanes of at least 4 members (excludes halogenated alkanes) is 12. The van der Waals surface area contributed by atoms with E-state index >= 15 is 0 Å². The maximum Gasteiger partial charge on any atom is 0.266 e. The van der Waals surface area contributed by atoms with Crippen LogP contribution >= 0.6 is 23.2 Å². The number of fused-ring (bicyclic) bond motifs is 3. The number of nitrogens with zero attached hydrogens (tertiary/aromatic N) is 12. The molecule has 0 bridgehead atoms. The van der Waals surface area contributed by atoms with Crippen molar-refractivity contribution in [3.8, 4) is 34.3 Å². The molecule has 3 amide bonds. The summed E-state index contributed by atoms with van der Waals surface area (Å²) in [6.07, 6.45) is 22.4. The Bertz CT molecular complexity index is 5960. The van der Waals surface area contributed by atoms with E-state index in [0.29, 0.717) is 167 Å². The number of rotatable bonds is 49. The molecule has 7 aromatic carbocycles. The number of aromatic nitrogens is 8. The van der Waals surface area contributed by atoms with Gasteiger partial charge in [0.25, 0.3) is 16.7 Å². The Hall–Kier alpha value is -11.6. The topological polar surface area (TPSA) is 307 Å². The van der Waals surface area contributed by atoms with Gasteiger partial charge in [-0.2, -0.15) is 0 Å². The second-order valence-electron chi connectivity index (χ2n) is 32.9. The second kappa shape index (κ2) is 53.2. The first kappa shape index (κ1) is 103. The van der Waals surface area contributed by atoms with Crippen molar-refractivity contribution in [3.05, 3.63) is 288 Å². The van der Waals surface area contributed by atoms with E-state index in [1.165, 1.54) is 55.9 Å². The minimum atomic E-state index is -3.54. The molecular weight excluding hydrogens is 1730 g/mol. The van der Waals surface area contributed by atoms with E-state index in [2.05, 4.69) is 33.9 Å². The molecule has 4 N–H and O–H groups in total. The number of hydrogen-bond donors (Lipinski definition) is 3. The molecule has 0 aliphatic heterocycles. The van der Waals surface area contributed by atoms with Crippen molar-refractivity contribution in [2.24, 2.45) is 5.73 Å². The van der Waals surface area contributed by atoms with Crippen LogP contribution in [-0.4, -0.2) is 164 Å². The quantitative estimate of drug-likeness (QED) is 0.0298. The summed E-state index contributed by atoms with van der Waals surface area (Å²) in [7, 11) is 2.15. The molecule has 12 rings (SSSR count). The third-order valence-corrected chi connectivity index (χ3v) is 24.2. The zero-order chi connectivity index (χ0) is 94.3. The van der Waals surface area contributed by atoms with Gasteiger partial charge >= 0.3 is 0 Å². The number of hydrogen-bond acceptors (Lipinski definition) is 19. The lowest BCUT2D eigenvalue weighted by molar-refractivity contribution is -0.135. The summed E-state index contributed by atoms with van der Waals surface area (Å²) in [6.45, 7) is 14.2. The molecule has 3 unspecified atom stereocenters. The number of nitrogens with two attached hydrogens (primary N) is 1. The number of halogens is 2. The fourth-order valence-electron chi connectivity index (χ4n) is 16.1. The molecule has 0 radical (unpaired) electrons. The summed E-state index contributed by atoms with van der Waals surface area (Å²) in [4.78, 5) is 116. The van der Waals surface area contributed by atoms with Crippen LogP contribution in [0.5, 0.6) is 17.2 Å². The van der Waals surface area contributed by atoms with Crippen LogP contribution in [0.1, 0.15) is 209 Å². The zero-order valence-corrected chi connectivity index (χ0v) is 80.1. The van der Waals surface area contributed by atoms with Crippen molar-refractivity contribution in [3.63, 3.8) is 0 Å². The summed E-state index contributed by atoms with van der Waals surface area (Å²) >= 11 is 12.4. The molecule has 132 heavy (non-hydrogen) atoms. The van der Waals surface area contributed by atoms with E-state index in [1.807, 2.05) is 178 Å². The standard InChI is InChI=1S/C36H47N5O3.C35H45N5O3.C32H37Cl2N5O5S/c1-4-6-7-8-9-10-11-19-34(42)40(27-28-16-14-15-25-38-28)33(24-26-37-3)35-39-32-18-13-12-17-31(32)36(43)41(35)29-20-22-30(23-21-29)44-5-2;1-3-5-6-7-8-9-10-18-33(41)39(26-27-15-13-14-25-37-27)32(23-24-36)34-38-31-17-12-11-16-30(31)35(42)40(34)28-19-21-29(22-20-28)43-4-2;1-5-44-24-13-11-23(12-14-24)39-31(36-28-9-7-6-8-25(28)32(39)41)29(16-17-35-45(4,42)43)38(19-18-37(2)3)30(40)21-22-10-15-26(33)27(34)20-22/h12-18,20-23,25,33,37H,4-11,19,24,26-27H2,1-3H3;11-17,19-22,25,32H,3-10,18,23-24,26,36H2,1-2H3;6-15,20,29,35H,5,16-19,21H2,1-4H3. The van der Waals surface area contributed by atoms with Gasteiger partial charge in [-0.3, -0.25) is 52.4 Å². The normalized spacial score (nSPS) is 12.1. The second-order valence-corrected chi connectivity index (χ2v) is 35.5. The van der Waals surface area contributed by atoms with Crippen LogP contribution in [0.25, 0.3) is 49.8 Å². The molecule has 3 atom stereocenters. The molecule has 702 valence electrons. The Labute approximate surface area is 786 Å². The lowest BCUT2D eigenvalue weighted by Crippen LogP contribution is -2.43. The number of sulfonamides is 1. The predicted molar refractivity (Wildman–Crippen MR) is 529 cm³/mol. The van der Waals surface area contributed by atoms with Gasteiger partial charge in [0.2, 0.25) is 27.7 Å². The van der Waals surface area contributed by atoms with Crippen LogP contribution in [0.2, 0.25) is 10.0 Å². The largest absolute Gasteiger partial charge is 0.494 e. The molecule has 0 saturated heterocycles. The summed E-state index contributed by atoms with van der Waals surface area (Å²) < 4.78 is 48.4. The Morgan fingerprint density at radius 2 is 0.811 bits per heavy atom. The Morgan fingerprint density at radius 1 is 0.439 bits per heavy atom. The SMILES string of the molecule is CCCCCCCCCC(=O)N(Cc1ccccn1)C(CCN)c1nc2ccccc2c(=O)n1-c1ccc(OCC)cc1.CCCCCCCCCC(=O)N(Cc1ccccn1)C(CCNC)c1nc2ccccc2c(=O)n1-c1ccc(OCC)cc1.CCOc1ccc(-n2c(C(CCNS(C)(=O)=O)N(CCN(C)C)C(=O)Cc3ccc(Cl)c(Cl)c3)nc3ccccc3c2=O)cc1. The van der Waals surface area contributed by atoms with Crippen molar-refractivity contribution < 1.29 is 37.0 Å². The zero-order valence-electron chi connectivity index (χ0n) is 77.8. The average Bonchev–Trinajstić information content (AvgIpc) is 0.766. The third kappa shape index (κ3) is 29.7. The van der Waals surface area contributed by atoms with Gasteiger partial charge in [-0.1, -0.05) is 169 Å². The minimum Gasteiger partial charge on any atom is -0.494 e. The number of amides is 3. The summed E-state index contributed by atoms with van der Waals surface area (Å²) in [6, 6.07) is 58.4. The fourth-order valence-corrected chi connectivity index (χ4v) is 16.9. The number of likely N-dealkylation sites (N-methyl/N-ethyl adjacent to an activating group) is 1. The average molecular weight is 1860 g/mol. The van der Waals surface area contributed by atoms with Gasteiger partial charge in [0.1, 0.15) is 34.7 Å². The number of carbonyl (C=O) groups is 3. The van der Waals surface area contributed by atoms with Gasteiger partial charge in [-0.15, -0.1) is 0 Å². The van der Waals surface area contributed by atoms with Crippen molar-refractivity contribution in [1.82, 2.24) is 68.3 Å². The molecule has 0 aliphatic carbocycles. The maximum absolute atomic E-state index is 14.2. The predicted octanol–water partition coefficient (Wildman–Crippen LogP) is 18.4. The van der Waals surface area contributed by atoms with Crippen LogP contribution in [0, 0.1) is 0 Å². The van der Waals surface area contributed by atoms with Crippen molar-refractivity contribution >= 4 is 83.7 Å². The smallest absolute Gasteiger partial charge is 0.266 e. The number of para-hydroxylation sites is 3. The molecule has 0 spiro atoms. The highest BCUT2D eigenvalue weighted by molar-refractivity contribution is 7.88. The molecule has 0 saturated carbocycles.